The molecule has 0 heterocycles. The zero-order chi connectivity index (χ0) is 7.82. The Bertz CT molecular complexity index is 68.6. The predicted octanol–water partition coefficient (Wildman–Crippen LogP) is -0.304. The van der Waals surface area contributed by atoms with Gasteiger partial charge in [0.2, 0.25) is 0 Å². The second kappa shape index (κ2) is 6.99. The van der Waals surface area contributed by atoms with Gasteiger partial charge in [-0.15, -0.1) is 0 Å². The van der Waals surface area contributed by atoms with E-state index < -0.39 is 0 Å². The maximum Gasteiger partial charge on any atom is 0.0431 e. The van der Waals surface area contributed by atoms with Gasteiger partial charge in [0, 0.05) is 12.6 Å². The average molecular weight is 146 g/mol. The van der Waals surface area contributed by atoms with Crippen LogP contribution in [0, 0.1) is 0 Å². The Morgan fingerprint density at radius 3 is 2.60 bits per heavy atom. The first kappa shape index (κ1) is 9.88. The van der Waals surface area contributed by atoms with Gasteiger partial charge in [-0.2, -0.15) is 0 Å². The molecule has 0 aromatic rings. The van der Waals surface area contributed by atoms with Crippen molar-refractivity contribution in [3.05, 3.63) is 0 Å². The zero-order valence-electron chi connectivity index (χ0n) is 6.64. The lowest BCUT2D eigenvalue weighted by molar-refractivity contribution is 0.274. The van der Waals surface area contributed by atoms with E-state index in [1.54, 1.807) is 0 Å². The summed E-state index contributed by atoms with van der Waals surface area (Å²) in [6.45, 7) is 1.000. The zero-order valence-corrected chi connectivity index (χ0v) is 6.64. The van der Waals surface area contributed by atoms with E-state index in [-0.39, 0.29) is 6.61 Å². The minimum absolute atomic E-state index is 0.281. The van der Waals surface area contributed by atoms with Crippen molar-refractivity contribution < 1.29 is 5.11 Å². The third kappa shape index (κ3) is 4.73. The Hall–Kier alpha value is -0.120. The summed E-state index contributed by atoms with van der Waals surface area (Å²) >= 11 is 0. The molecule has 0 aromatic carbocycles. The van der Waals surface area contributed by atoms with Crippen LogP contribution in [-0.4, -0.2) is 31.3 Å². The minimum atomic E-state index is 0.281. The first-order valence-corrected chi connectivity index (χ1v) is 3.83. The summed E-state index contributed by atoms with van der Waals surface area (Å²) in [4.78, 5) is 0. The highest BCUT2D eigenvalue weighted by molar-refractivity contribution is 4.63. The van der Waals surface area contributed by atoms with Gasteiger partial charge in [0.05, 0.1) is 0 Å². The molecule has 0 saturated heterocycles. The molecule has 0 radical (unpaired) electrons. The molecule has 0 aromatic heterocycles. The van der Waals surface area contributed by atoms with Crippen molar-refractivity contribution in [3.63, 3.8) is 0 Å². The van der Waals surface area contributed by atoms with E-state index in [0.29, 0.717) is 6.04 Å². The molecule has 0 aliphatic rings. The van der Waals surface area contributed by atoms with Crippen molar-refractivity contribution in [2.75, 3.05) is 20.2 Å². The summed E-state index contributed by atoms with van der Waals surface area (Å²) in [5.41, 5.74) is 5.37. The quantitative estimate of drug-likeness (QED) is 0.482. The SMILES string of the molecule is CNC(CCN)CCCO. The number of aliphatic hydroxyl groups is 1. The molecule has 0 aliphatic carbocycles. The van der Waals surface area contributed by atoms with E-state index >= 15 is 0 Å². The van der Waals surface area contributed by atoms with Gasteiger partial charge in [-0.1, -0.05) is 0 Å². The Kier molecular flexibility index (Phi) is 6.91. The Morgan fingerprint density at radius 1 is 1.50 bits per heavy atom. The first-order chi connectivity index (χ1) is 4.85. The van der Waals surface area contributed by atoms with E-state index in [1.165, 1.54) is 0 Å². The van der Waals surface area contributed by atoms with Gasteiger partial charge in [0.25, 0.3) is 0 Å². The highest BCUT2D eigenvalue weighted by atomic mass is 16.2. The van der Waals surface area contributed by atoms with Crippen LogP contribution in [0.1, 0.15) is 19.3 Å². The Balaban J connectivity index is 3.21. The Labute approximate surface area is 62.6 Å². The van der Waals surface area contributed by atoms with Crippen LogP contribution < -0.4 is 11.1 Å². The normalized spacial score (nSPS) is 13.5. The van der Waals surface area contributed by atoms with Crippen molar-refractivity contribution in [1.82, 2.24) is 5.32 Å². The van der Waals surface area contributed by atoms with Crippen LogP contribution in [0.25, 0.3) is 0 Å². The molecule has 1 unspecified atom stereocenters. The fraction of sp³-hybridized carbons (Fsp3) is 1.00. The molecule has 3 heteroatoms. The molecule has 0 saturated carbocycles. The maximum absolute atomic E-state index is 8.52. The fourth-order valence-electron chi connectivity index (χ4n) is 0.972. The standard InChI is InChI=1S/C7H18N2O/c1-9-7(4-5-8)3-2-6-10/h7,9-10H,2-6,8H2,1H3. The molecule has 10 heavy (non-hydrogen) atoms. The molecule has 0 spiro atoms. The minimum Gasteiger partial charge on any atom is -0.396 e. The molecule has 0 aliphatic heterocycles. The van der Waals surface area contributed by atoms with Gasteiger partial charge in [-0.25, -0.2) is 0 Å². The van der Waals surface area contributed by atoms with Crippen LogP contribution in [0.15, 0.2) is 0 Å². The monoisotopic (exact) mass is 146 g/mol. The first-order valence-electron chi connectivity index (χ1n) is 3.83. The predicted molar refractivity (Wildman–Crippen MR) is 42.8 cm³/mol. The summed E-state index contributed by atoms with van der Waals surface area (Å²) in [5.74, 6) is 0. The summed E-state index contributed by atoms with van der Waals surface area (Å²) < 4.78 is 0. The molecule has 4 N–H and O–H groups in total. The van der Waals surface area contributed by atoms with Crippen molar-refractivity contribution in [2.45, 2.75) is 25.3 Å². The molecule has 3 nitrogen and oxygen atoms in total. The average Bonchev–Trinajstić information content (AvgIpc) is 1.98. The van der Waals surface area contributed by atoms with Crippen LogP contribution in [-0.2, 0) is 0 Å². The third-order valence-electron chi connectivity index (χ3n) is 1.63. The Morgan fingerprint density at radius 2 is 2.20 bits per heavy atom. The summed E-state index contributed by atoms with van der Waals surface area (Å²) in [5, 5.41) is 11.7. The fourth-order valence-corrected chi connectivity index (χ4v) is 0.972. The highest BCUT2D eigenvalue weighted by Gasteiger charge is 2.02. The van der Waals surface area contributed by atoms with Crippen molar-refractivity contribution in [3.8, 4) is 0 Å². The van der Waals surface area contributed by atoms with E-state index in [9.17, 15) is 0 Å². The lowest BCUT2D eigenvalue weighted by Crippen LogP contribution is -2.28. The molecule has 62 valence electrons. The molecular weight excluding hydrogens is 128 g/mol. The molecule has 1 atom stereocenters. The van der Waals surface area contributed by atoms with Crippen LogP contribution in [0.4, 0.5) is 0 Å². The van der Waals surface area contributed by atoms with Crippen LogP contribution >= 0.6 is 0 Å². The van der Waals surface area contributed by atoms with Crippen LogP contribution in [0.2, 0.25) is 0 Å². The smallest absolute Gasteiger partial charge is 0.0431 e. The van der Waals surface area contributed by atoms with Gasteiger partial charge in [0.15, 0.2) is 0 Å². The number of aliphatic hydroxyl groups excluding tert-OH is 1. The molecule has 0 bridgehead atoms. The largest absolute Gasteiger partial charge is 0.396 e. The summed E-state index contributed by atoms with van der Waals surface area (Å²) in [6.07, 6.45) is 2.88. The van der Waals surface area contributed by atoms with Gasteiger partial charge in [-0.3, -0.25) is 0 Å². The second-order valence-corrected chi connectivity index (χ2v) is 2.43. The molecule has 0 rings (SSSR count). The van der Waals surface area contributed by atoms with E-state index in [0.717, 1.165) is 25.8 Å². The number of nitrogens with two attached hydrogens (primary N) is 1. The molecule has 0 fully saturated rings. The molecule has 0 amide bonds. The summed E-state index contributed by atoms with van der Waals surface area (Å²) in [6, 6.07) is 0.483. The van der Waals surface area contributed by atoms with Crippen molar-refractivity contribution >= 4 is 0 Å². The third-order valence-corrected chi connectivity index (χ3v) is 1.63. The topological polar surface area (TPSA) is 58.3 Å². The lowest BCUT2D eigenvalue weighted by atomic mass is 10.1. The van der Waals surface area contributed by atoms with E-state index in [4.69, 9.17) is 10.8 Å². The van der Waals surface area contributed by atoms with Crippen molar-refractivity contribution in [1.29, 1.82) is 0 Å². The second-order valence-electron chi connectivity index (χ2n) is 2.43. The number of hydrogen-bond acceptors (Lipinski definition) is 3. The number of hydrogen-bond donors (Lipinski definition) is 3. The van der Waals surface area contributed by atoms with Gasteiger partial charge in [-0.05, 0) is 32.9 Å². The van der Waals surface area contributed by atoms with Gasteiger partial charge in [0.1, 0.15) is 0 Å². The summed E-state index contributed by atoms with van der Waals surface area (Å²) in [7, 11) is 1.93. The maximum atomic E-state index is 8.52. The van der Waals surface area contributed by atoms with Gasteiger partial charge >= 0.3 is 0 Å². The highest BCUT2D eigenvalue weighted by Crippen LogP contribution is 1.98. The number of nitrogens with one attached hydrogen (secondary N) is 1. The number of rotatable bonds is 6. The van der Waals surface area contributed by atoms with Gasteiger partial charge < -0.3 is 16.2 Å². The lowest BCUT2D eigenvalue weighted by Gasteiger charge is -2.13. The van der Waals surface area contributed by atoms with E-state index in [2.05, 4.69) is 5.32 Å². The van der Waals surface area contributed by atoms with Crippen LogP contribution in [0.5, 0.6) is 0 Å². The van der Waals surface area contributed by atoms with E-state index in [1.807, 2.05) is 7.05 Å². The molecular formula is C7H18N2O. The van der Waals surface area contributed by atoms with Crippen LogP contribution in [0.3, 0.4) is 0 Å². The van der Waals surface area contributed by atoms with Crippen molar-refractivity contribution in [2.24, 2.45) is 5.73 Å².